The second kappa shape index (κ2) is 4.76. The molecule has 0 saturated carbocycles. The minimum atomic E-state index is -0.792. The SMILES string of the molecule is CN(CC(C)(C)O)c1ncccc1C(N)=S. The van der Waals surface area contributed by atoms with Gasteiger partial charge in [-0.25, -0.2) is 4.98 Å². The van der Waals surface area contributed by atoms with E-state index in [4.69, 9.17) is 18.0 Å². The summed E-state index contributed by atoms with van der Waals surface area (Å²) in [5, 5.41) is 9.75. The number of anilines is 1. The molecule has 0 unspecified atom stereocenters. The van der Waals surface area contributed by atoms with Gasteiger partial charge in [-0.3, -0.25) is 0 Å². The van der Waals surface area contributed by atoms with Gasteiger partial charge >= 0.3 is 0 Å². The molecule has 1 rings (SSSR count). The van der Waals surface area contributed by atoms with E-state index in [-0.39, 0.29) is 0 Å². The molecule has 3 N–H and O–H groups in total. The number of nitrogens with two attached hydrogens (primary N) is 1. The molecule has 0 aliphatic rings. The Morgan fingerprint density at radius 2 is 2.25 bits per heavy atom. The van der Waals surface area contributed by atoms with Crippen LogP contribution < -0.4 is 10.6 Å². The summed E-state index contributed by atoms with van der Waals surface area (Å²) in [5.74, 6) is 0.692. The number of nitrogens with zero attached hydrogens (tertiary/aromatic N) is 2. The lowest BCUT2D eigenvalue weighted by atomic mass is 10.1. The molecule has 0 aliphatic heterocycles. The third-order valence-electron chi connectivity index (χ3n) is 2.04. The van der Waals surface area contributed by atoms with E-state index in [1.165, 1.54) is 0 Å². The van der Waals surface area contributed by atoms with Crippen LogP contribution in [0.3, 0.4) is 0 Å². The van der Waals surface area contributed by atoms with Crippen LogP contribution in [-0.4, -0.2) is 34.3 Å². The fourth-order valence-electron chi connectivity index (χ4n) is 1.55. The maximum atomic E-state index is 9.75. The first-order chi connectivity index (χ1) is 7.31. The van der Waals surface area contributed by atoms with Crippen molar-refractivity contribution in [1.29, 1.82) is 0 Å². The molecule has 5 heteroatoms. The van der Waals surface area contributed by atoms with Gasteiger partial charge in [-0.1, -0.05) is 12.2 Å². The number of likely N-dealkylation sites (N-methyl/N-ethyl adjacent to an activating group) is 1. The largest absolute Gasteiger partial charge is 0.389 e. The topological polar surface area (TPSA) is 62.4 Å². The molecule has 4 nitrogen and oxygen atoms in total. The van der Waals surface area contributed by atoms with E-state index in [1.54, 1.807) is 26.1 Å². The Bertz CT molecular complexity index is 387. The van der Waals surface area contributed by atoms with Gasteiger partial charge in [0.25, 0.3) is 0 Å². The van der Waals surface area contributed by atoms with Gasteiger partial charge in [0.1, 0.15) is 10.8 Å². The molecule has 0 bridgehead atoms. The molecule has 1 aromatic heterocycles. The number of aliphatic hydroxyl groups is 1. The monoisotopic (exact) mass is 239 g/mol. The summed E-state index contributed by atoms with van der Waals surface area (Å²) in [6.45, 7) is 3.94. The van der Waals surface area contributed by atoms with E-state index in [2.05, 4.69) is 4.98 Å². The number of rotatable bonds is 4. The molecule has 1 heterocycles. The third kappa shape index (κ3) is 3.43. The Morgan fingerprint density at radius 1 is 1.62 bits per heavy atom. The van der Waals surface area contributed by atoms with E-state index in [9.17, 15) is 5.11 Å². The fourth-order valence-corrected chi connectivity index (χ4v) is 1.71. The highest BCUT2D eigenvalue weighted by Gasteiger charge is 2.18. The van der Waals surface area contributed by atoms with Crippen LogP contribution in [0.2, 0.25) is 0 Å². The van der Waals surface area contributed by atoms with Crippen molar-refractivity contribution in [2.75, 3.05) is 18.5 Å². The van der Waals surface area contributed by atoms with Crippen molar-refractivity contribution in [3.8, 4) is 0 Å². The maximum Gasteiger partial charge on any atom is 0.138 e. The molecule has 0 atom stereocenters. The average Bonchev–Trinajstić information content (AvgIpc) is 2.15. The van der Waals surface area contributed by atoms with Crippen LogP contribution >= 0.6 is 12.2 Å². The van der Waals surface area contributed by atoms with Gasteiger partial charge in [-0.15, -0.1) is 0 Å². The van der Waals surface area contributed by atoms with Gasteiger partial charge in [0, 0.05) is 19.8 Å². The Hall–Kier alpha value is -1.20. The lowest BCUT2D eigenvalue weighted by Gasteiger charge is -2.27. The molecule has 0 spiro atoms. The molecule has 16 heavy (non-hydrogen) atoms. The van der Waals surface area contributed by atoms with Crippen LogP contribution in [0, 0.1) is 0 Å². The third-order valence-corrected chi connectivity index (χ3v) is 2.26. The van der Waals surface area contributed by atoms with Crippen LogP contribution in [0.15, 0.2) is 18.3 Å². The normalized spacial score (nSPS) is 11.2. The summed E-state index contributed by atoms with van der Waals surface area (Å²) in [7, 11) is 1.85. The van der Waals surface area contributed by atoms with E-state index in [1.807, 2.05) is 18.0 Å². The lowest BCUT2D eigenvalue weighted by Crippen LogP contribution is -2.37. The van der Waals surface area contributed by atoms with Crippen LogP contribution in [-0.2, 0) is 0 Å². The molecule has 0 saturated heterocycles. The number of hydrogen-bond acceptors (Lipinski definition) is 4. The predicted molar refractivity (Wildman–Crippen MR) is 69.7 cm³/mol. The van der Waals surface area contributed by atoms with E-state index in [0.29, 0.717) is 17.4 Å². The standard InChI is InChI=1S/C11H17N3OS/c1-11(2,15)7-14(3)10-8(9(12)16)5-4-6-13-10/h4-6,15H,7H2,1-3H3,(H2,12,16). The highest BCUT2D eigenvalue weighted by molar-refractivity contribution is 7.80. The van der Waals surface area contributed by atoms with Gasteiger partial charge in [-0.2, -0.15) is 0 Å². The maximum absolute atomic E-state index is 9.75. The summed E-state index contributed by atoms with van der Waals surface area (Å²) in [6.07, 6.45) is 1.68. The van der Waals surface area contributed by atoms with Crippen LogP contribution in [0.5, 0.6) is 0 Å². The lowest BCUT2D eigenvalue weighted by molar-refractivity contribution is 0.0884. The van der Waals surface area contributed by atoms with E-state index >= 15 is 0 Å². The molecular formula is C11H17N3OS. The van der Waals surface area contributed by atoms with E-state index < -0.39 is 5.60 Å². The van der Waals surface area contributed by atoms with Gasteiger partial charge in [0.2, 0.25) is 0 Å². The minimum absolute atomic E-state index is 0.311. The summed E-state index contributed by atoms with van der Waals surface area (Å²) in [5.41, 5.74) is 5.55. The Kier molecular flexibility index (Phi) is 3.83. The predicted octanol–water partition coefficient (Wildman–Crippen LogP) is 0.923. The summed E-state index contributed by atoms with van der Waals surface area (Å²) in [6, 6.07) is 3.61. The van der Waals surface area contributed by atoms with Crippen molar-refractivity contribution in [2.24, 2.45) is 5.73 Å². The Labute approximate surface area is 101 Å². The highest BCUT2D eigenvalue weighted by atomic mass is 32.1. The van der Waals surface area contributed by atoms with Gasteiger partial charge in [0.05, 0.1) is 11.2 Å². The first-order valence-electron chi connectivity index (χ1n) is 4.99. The molecule has 0 amide bonds. The molecule has 0 aliphatic carbocycles. The smallest absolute Gasteiger partial charge is 0.138 e. The molecule has 0 radical (unpaired) electrons. The zero-order valence-corrected chi connectivity index (χ0v) is 10.6. The van der Waals surface area contributed by atoms with Gasteiger partial charge in [0.15, 0.2) is 0 Å². The molecule has 88 valence electrons. The molecule has 0 fully saturated rings. The van der Waals surface area contributed by atoms with Crippen molar-refractivity contribution in [3.05, 3.63) is 23.9 Å². The summed E-state index contributed by atoms with van der Waals surface area (Å²) < 4.78 is 0. The zero-order valence-electron chi connectivity index (χ0n) is 9.77. The van der Waals surface area contributed by atoms with Crippen molar-refractivity contribution < 1.29 is 5.11 Å². The van der Waals surface area contributed by atoms with Crippen molar-refractivity contribution >= 4 is 23.0 Å². The number of thiocarbonyl (C=S) groups is 1. The Morgan fingerprint density at radius 3 is 2.75 bits per heavy atom. The first kappa shape index (κ1) is 12.9. The summed E-state index contributed by atoms with van der Waals surface area (Å²) >= 11 is 4.96. The average molecular weight is 239 g/mol. The minimum Gasteiger partial charge on any atom is -0.389 e. The molecular weight excluding hydrogens is 222 g/mol. The van der Waals surface area contributed by atoms with Crippen molar-refractivity contribution in [3.63, 3.8) is 0 Å². The van der Waals surface area contributed by atoms with Crippen molar-refractivity contribution in [2.45, 2.75) is 19.4 Å². The fraction of sp³-hybridized carbons (Fsp3) is 0.455. The van der Waals surface area contributed by atoms with Crippen LogP contribution in [0.4, 0.5) is 5.82 Å². The molecule has 1 aromatic rings. The van der Waals surface area contributed by atoms with Gasteiger partial charge < -0.3 is 15.7 Å². The number of pyridine rings is 1. The number of aromatic nitrogens is 1. The summed E-state index contributed by atoms with van der Waals surface area (Å²) in [4.78, 5) is 6.38. The first-order valence-corrected chi connectivity index (χ1v) is 5.40. The second-order valence-electron chi connectivity index (χ2n) is 4.41. The van der Waals surface area contributed by atoms with Crippen LogP contribution in [0.25, 0.3) is 0 Å². The zero-order chi connectivity index (χ0) is 12.3. The van der Waals surface area contributed by atoms with E-state index in [0.717, 1.165) is 5.56 Å². The highest BCUT2D eigenvalue weighted by Crippen LogP contribution is 2.17. The van der Waals surface area contributed by atoms with Crippen molar-refractivity contribution in [1.82, 2.24) is 4.98 Å². The molecule has 0 aromatic carbocycles. The van der Waals surface area contributed by atoms with Gasteiger partial charge in [-0.05, 0) is 26.0 Å². The Balaban J connectivity index is 2.99. The second-order valence-corrected chi connectivity index (χ2v) is 4.85. The number of hydrogen-bond donors (Lipinski definition) is 2. The van der Waals surface area contributed by atoms with Crippen LogP contribution in [0.1, 0.15) is 19.4 Å². The quantitative estimate of drug-likeness (QED) is 0.765.